The second kappa shape index (κ2) is 13.3. The van der Waals surface area contributed by atoms with Crippen LogP contribution in [-0.2, 0) is 30.7 Å². The van der Waals surface area contributed by atoms with Crippen molar-refractivity contribution in [2.75, 3.05) is 6.54 Å². The van der Waals surface area contributed by atoms with Crippen molar-refractivity contribution < 1.29 is 13.6 Å². The zero-order valence-corrected chi connectivity index (χ0v) is 23.6. The fraction of sp³-hybridized carbons (Fsp3) is 0.344. The molecule has 7 heteroatoms. The van der Waals surface area contributed by atoms with Crippen LogP contribution in [0.5, 0.6) is 0 Å². The van der Waals surface area contributed by atoms with Crippen LogP contribution >= 0.6 is 12.6 Å². The third kappa shape index (κ3) is 8.16. The van der Waals surface area contributed by atoms with Crippen molar-refractivity contribution in [3.8, 4) is 0 Å². The fourth-order valence-electron chi connectivity index (χ4n) is 5.17. The number of benzene rings is 3. The lowest BCUT2D eigenvalue weighted by Crippen LogP contribution is -2.45. The van der Waals surface area contributed by atoms with Gasteiger partial charge in [0.1, 0.15) is 11.6 Å². The number of nitrogens with one attached hydrogen (secondary N) is 2. The summed E-state index contributed by atoms with van der Waals surface area (Å²) >= 11 is 4.77. The molecule has 0 radical (unpaired) electrons. The lowest BCUT2D eigenvalue weighted by Gasteiger charge is -2.25. The van der Waals surface area contributed by atoms with Crippen LogP contribution in [0.4, 0.5) is 8.78 Å². The van der Waals surface area contributed by atoms with Crippen LogP contribution < -0.4 is 10.6 Å². The molecule has 2 N–H and O–H groups in total. The van der Waals surface area contributed by atoms with Gasteiger partial charge in [-0.1, -0.05) is 50.2 Å². The molecule has 0 saturated heterocycles. The Balaban J connectivity index is 1.52. The molecular formula is C32H37F2N3OS. The van der Waals surface area contributed by atoms with E-state index < -0.39 is 17.7 Å². The van der Waals surface area contributed by atoms with Crippen LogP contribution in [0.1, 0.15) is 43.0 Å². The number of amides is 1. The zero-order valence-electron chi connectivity index (χ0n) is 22.8. The Morgan fingerprint density at radius 1 is 0.923 bits per heavy atom. The molecular weight excluding hydrogens is 512 g/mol. The number of hydrogen-bond acceptors (Lipinski definition) is 3. The van der Waals surface area contributed by atoms with Crippen molar-refractivity contribution in [2.24, 2.45) is 5.92 Å². The van der Waals surface area contributed by atoms with Gasteiger partial charge in [0.05, 0.1) is 5.52 Å². The number of carbonyl (C=O) groups excluding carboxylic acids is 1. The van der Waals surface area contributed by atoms with E-state index in [-0.39, 0.29) is 17.6 Å². The molecule has 2 atom stereocenters. The predicted molar refractivity (Wildman–Crippen MR) is 158 cm³/mol. The summed E-state index contributed by atoms with van der Waals surface area (Å²) in [6.07, 6.45) is 3.42. The van der Waals surface area contributed by atoms with Gasteiger partial charge in [-0.2, -0.15) is 12.6 Å². The van der Waals surface area contributed by atoms with Crippen LogP contribution in [-0.4, -0.2) is 28.3 Å². The molecule has 39 heavy (non-hydrogen) atoms. The van der Waals surface area contributed by atoms with Crippen molar-refractivity contribution in [3.05, 3.63) is 107 Å². The molecule has 0 aliphatic carbocycles. The third-order valence-corrected chi connectivity index (χ3v) is 7.28. The molecule has 1 heterocycles. The maximum atomic E-state index is 13.8. The van der Waals surface area contributed by atoms with Crippen LogP contribution in [0.25, 0.3) is 10.9 Å². The van der Waals surface area contributed by atoms with Crippen LogP contribution in [0.2, 0.25) is 0 Å². The lowest BCUT2D eigenvalue weighted by atomic mass is 9.98. The van der Waals surface area contributed by atoms with Gasteiger partial charge >= 0.3 is 0 Å². The maximum Gasteiger partial charge on any atom is 0.217 e. The number of aromatic nitrogens is 1. The molecule has 4 nitrogen and oxygen atoms in total. The first-order valence-electron chi connectivity index (χ1n) is 13.4. The highest BCUT2D eigenvalue weighted by atomic mass is 32.1. The molecule has 0 aliphatic heterocycles. The van der Waals surface area contributed by atoms with E-state index in [0.29, 0.717) is 24.6 Å². The fourth-order valence-corrected chi connectivity index (χ4v) is 5.48. The highest BCUT2D eigenvalue weighted by Crippen LogP contribution is 2.25. The summed E-state index contributed by atoms with van der Waals surface area (Å²) in [6, 6.07) is 20.2. The minimum atomic E-state index is -0.635. The van der Waals surface area contributed by atoms with Crippen molar-refractivity contribution in [3.63, 3.8) is 0 Å². The van der Waals surface area contributed by atoms with E-state index in [1.807, 2.05) is 6.07 Å². The number of carbonyl (C=O) groups is 1. The van der Waals surface area contributed by atoms with Crippen LogP contribution in [0.3, 0.4) is 0 Å². The van der Waals surface area contributed by atoms with Gasteiger partial charge in [-0.15, -0.1) is 0 Å². The molecule has 0 unspecified atom stereocenters. The maximum absolute atomic E-state index is 13.8. The predicted octanol–water partition coefficient (Wildman–Crippen LogP) is 6.30. The Kier molecular flexibility index (Phi) is 9.81. The Labute approximate surface area is 235 Å². The number of nitrogens with zero attached hydrogens (tertiary/aromatic N) is 1. The summed E-state index contributed by atoms with van der Waals surface area (Å²) < 4.78 is 29.8. The van der Waals surface area contributed by atoms with Gasteiger partial charge in [0.15, 0.2) is 0 Å². The summed E-state index contributed by atoms with van der Waals surface area (Å²) in [6.45, 7) is 7.79. The van der Waals surface area contributed by atoms with Gasteiger partial charge in [-0.3, -0.25) is 4.79 Å². The molecule has 0 saturated carbocycles. The molecule has 4 aromatic rings. The van der Waals surface area contributed by atoms with Crippen molar-refractivity contribution in [1.82, 2.24) is 15.2 Å². The Hall–Kier alpha value is -3.16. The van der Waals surface area contributed by atoms with Crippen LogP contribution in [0, 0.1) is 17.6 Å². The highest BCUT2D eigenvalue weighted by Gasteiger charge is 2.21. The topological polar surface area (TPSA) is 46.1 Å². The average molecular weight is 550 g/mol. The van der Waals surface area contributed by atoms with Gasteiger partial charge < -0.3 is 15.2 Å². The minimum Gasteiger partial charge on any atom is -0.352 e. The van der Waals surface area contributed by atoms with E-state index in [4.69, 9.17) is 12.6 Å². The van der Waals surface area contributed by atoms with Crippen molar-refractivity contribution in [1.29, 1.82) is 0 Å². The molecule has 3 aromatic carbocycles. The second-order valence-electron chi connectivity index (χ2n) is 10.7. The van der Waals surface area contributed by atoms with Gasteiger partial charge in [0, 0.05) is 55.5 Å². The van der Waals surface area contributed by atoms with Gasteiger partial charge in [-0.25, -0.2) is 8.78 Å². The van der Waals surface area contributed by atoms with Crippen LogP contribution in [0.15, 0.2) is 72.9 Å². The SMILES string of the molecule is CC(=O)N[C@@H](Cc1cc(F)cc(F)c1)[C@H](S)CNCc1cc(CC(C)C)cc2ccn(Cc3ccccc3)c12. The number of thiol groups is 1. The molecule has 1 aromatic heterocycles. The molecule has 0 fully saturated rings. The molecule has 0 spiro atoms. The molecule has 206 valence electrons. The third-order valence-electron chi connectivity index (χ3n) is 6.74. The highest BCUT2D eigenvalue weighted by molar-refractivity contribution is 7.81. The van der Waals surface area contributed by atoms with E-state index in [0.717, 1.165) is 19.0 Å². The molecule has 0 aliphatic rings. The first-order valence-corrected chi connectivity index (χ1v) is 13.9. The molecule has 0 bridgehead atoms. The first-order chi connectivity index (χ1) is 18.7. The summed E-state index contributed by atoms with van der Waals surface area (Å²) in [5, 5.41) is 7.37. The Morgan fingerprint density at radius 2 is 1.62 bits per heavy atom. The quantitative estimate of drug-likeness (QED) is 0.182. The van der Waals surface area contributed by atoms with Crippen molar-refractivity contribution >= 4 is 29.4 Å². The van der Waals surface area contributed by atoms with Gasteiger partial charge in [-0.05, 0) is 65.3 Å². The average Bonchev–Trinajstić information content (AvgIpc) is 3.25. The number of halogens is 2. The summed E-state index contributed by atoms with van der Waals surface area (Å²) in [4.78, 5) is 11.9. The van der Waals surface area contributed by atoms with Crippen molar-refractivity contribution in [2.45, 2.75) is 58.0 Å². The lowest BCUT2D eigenvalue weighted by molar-refractivity contribution is -0.119. The monoisotopic (exact) mass is 549 g/mol. The zero-order chi connectivity index (χ0) is 27.9. The largest absolute Gasteiger partial charge is 0.352 e. The van der Waals surface area contributed by atoms with E-state index >= 15 is 0 Å². The van der Waals surface area contributed by atoms with E-state index in [9.17, 15) is 13.6 Å². The standard InChI is InChI=1S/C32H37F2N3OS/c1-21(2)11-24-12-26-9-10-37(20-23-7-5-4-6-8-23)32(26)27(13-24)18-35-19-31(39)30(36-22(3)38)16-25-14-28(33)17-29(34)15-25/h4-10,12-15,17,21,30-31,35,39H,11,16,18-20H2,1-3H3,(H,36,38)/t30-,31+/m0/s1. The first kappa shape index (κ1) is 28.8. The Bertz CT molecular complexity index is 1380. The summed E-state index contributed by atoms with van der Waals surface area (Å²) in [5.41, 5.74) is 5.42. The minimum absolute atomic E-state index is 0.210. The number of hydrogen-bond donors (Lipinski definition) is 3. The summed E-state index contributed by atoms with van der Waals surface area (Å²) in [7, 11) is 0. The van der Waals surface area contributed by atoms with Gasteiger partial charge in [0.25, 0.3) is 0 Å². The number of fused-ring (bicyclic) bond motifs is 1. The number of rotatable bonds is 12. The van der Waals surface area contributed by atoms with E-state index in [2.05, 4.69) is 77.7 Å². The normalized spacial score (nSPS) is 13.1. The van der Waals surface area contributed by atoms with Gasteiger partial charge in [0.2, 0.25) is 5.91 Å². The summed E-state index contributed by atoms with van der Waals surface area (Å²) in [5.74, 6) is -0.936. The molecule has 4 rings (SSSR count). The van der Waals surface area contributed by atoms with E-state index in [1.54, 1.807) is 0 Å². The second-order valence-corrected chi connectivity index (χ2v) is 11.4. The smallest absolute Gasteiger partial charge is 0.217 e. The molecule has 1 amide bonds. The Morgan fingerprint density at radius 3 is 2.28 bits per heavy atom. The van der Waals surface area contributed by atoms with E-state index in [1.165, 1.54) is 46.6 Å².